The molecule has 0 fully saturated rings. The Morgan fingerprint density at radius 1 is 0.700 bits per heavy atom. The highest BCUT2D eigenvalue weighted by Crippen LogP contribution is 2.49. The third kappa shape index (κ3) is 3.92. The van der Waals surface area contributed by atoms with Crippen molar-refractivity contribution in [2.24, 2.45) is 9.98 Å². The standard InChI is InChI=1S/C34H25N5S/c1-3-10-22(11-4-1)31-36-32(23-12-5-2-6-13-23)38-33(37-31)26-15-9-14-24(20-26)25-17-18-28-27(21-25)30-34(40-28)39-19-8-7-16-29(39)35-30/h1-21,29,31,35H,(H,36,37,38). The minimum absolute atomic E-state index is 0.191. The average molecular weight is 536 g/mol. The Morgan fingerprint density at radius 3 is 2.35 bits per heavy atom. The summed E-state index contributed by atoms with van der Waals surface area (Å²) in [6.07, 6.45) is 8.51. The minimum Gasteiger partial charge on any atom is -0.359 e. The maximum absolute atomic E-state index is 4.99. The van der Waals surface area contributed by atoms with Crippen molar-refractivity contribution in [3.8, 4) is 11.1 Å². The van der Waals surface area contributed by atoms with Crippen LogP contribution in [0.1, 0.15) is 22.9 Å². The van der Waals surface area contributed by atoms with Gasteiger partial charge in [0.2, 0.25) is 0 Å². The van der Waals surface area contributed by atoms with Crippen molar-refractivity contribution in [1.29, 1.82) is 0 Å². The largest absolute Gasteiger partial charge is 0.359 e. The Balaban J connectivity index is 1.18. The van der Waals surface area contributed by atoms with Gasteiger partial charge in [0.05, 0.1) is 5.69 Å². The highest BCUT2D eigenvalue weighted by molar-refractivity contribution is 7.23. The van der Waals surface area contributed by atoms with Crippen LogP contribution in [0, 0.1) is 0 Å². The first-order valence-electron chi connectivity index (χ1n) is 13.4. The molecule has 1 aromatic heterocycles. The molecule has 0 spiro atoms. The zero-order valence-electron chi connectivity index (χ0n) is 21.5. The van der Waals surface area contributed by atoms with E-state index in [0.717, 1.165) is 33.9 Å². The van der Waals surface area contributed by atoms with Gasteiger partial charge < -0.3 is 15.5 Å². The second-order valence-electron chi connectivity index (χ2n) is 10.0. The number of hydrogen-bond donors (Lipinski definition) is 2. The number of anilines is 2. The molecule has 2 N–H and O–H groups in total. The Bertz CT molecular complexity index is 1870. The Labute approximate surface area is 236 Å². The van der Waals surface area contributed by atoms with Crippen LogP contribution in [0.15, 0.2) is 138 Å². The summed E-state index contributed by atoms with van der Waals surface area (Å²) in [6.45, 7) is 0. The van der Waals surface area contributed by atoms with E-state index < -0.39 is 0 Å². The van der Waals surface area contributed by atoms with E-state index in [2.05, 4.69) is 107 Å². The molecule has 0 saturated carbocycles. The van der Waals surface area contributed by atoms with Crippen molar-refractivity contribution in [1.82, 2.24) is 5.32 Å². The van der Waals surface area contributed by atoms with Gasteiger partial charge in [-0.25, -0.2) is 9.98 Å². The Morgan fingerprint density at radius 2 is 1.48 bits per heavy atom. The molecule has 3 aliphatic rings. The molecule has 4 heterocycles. The van der Waals surface area contributed by atoms with Crippen molar-refractivity contribution in [3.05, 3.63) is 144 Å². The number of rotatable bonds is 4. The van der Waals surface area contributed by atoms with Crippen LogP contribution in [0.5, 0.6) is 0 Å². The number of amidine groups is 2. The van der Waals surface area contributed by atoms with Crippen LogP contribution in [0.25, 0.3) is 21.2 Å². The lowest BCUT2D eigenvalue weighted by atomic mass is 10.0. The summed E-state index contributed by atoms with van der Waals surface area (Å²) >= 11 is 1.83. The van der Waals surface area contributed by atoms with E-state index in [1.54, 1.807) is 0 Å². The van der Waals surface area contributed by atoms with Gasteiger partial charge >= 0.3 is 0 Å². The lowest BCUT2D eigenvalue weighted by molar-refractivity contribution is 0.674. The van der Waals surface area contributed by atoms with E-state index in [0.29, 0.717) is 0 Å². The molecule has 40 heavy (non-hydrogen) atoms. The van der Waals surface area contributed by atoms with Crippen LogP contribution >= 0.6 is 11.3 Å². The van der Waals surface area contributed by atoms with E-state index in [1.807, 2.05) is 47.7 Å². The monoisotopic (exact) mass is 535 g/mol. The number of benzene rings is 4. The summed E-state index contributed by atoms with van der Waals surface area (Å²) < 4.78 is 1.28. The summed E-state index contributed by atoms with van der Waals surface area (Å²) in [5, 5.41) is 9.82. The molecule has 4 aromatic carbocycles. The van der Waals surface area contributed by atoms with Crippen molar-refractivity contribution in [2.75, 3.05) is 10.2 Å². The van der Waals surface area contributed by atoms with Crippen LogP contribution in [0.4, 0.5) is 10.7 Å². The fourth-order valence-corrected chi connectivity index (χ4v) is 6.67. The van der Waals surface area contributed by atoms with E-state index in [4.69, 9.17) is 9.98 Å². The molecule has 3 aliphatic heterocycles. The van der Waals surface area contributed by atoms with E-state index in [9.17, 15) is 0 Å². The van der Waals surface area contributed by atoms with Gasteiger partial charge in [-0.05, 0) is 47.0 Å². The third-order valence-electron chi connectivity index (χ3n) is 7.51. The van der Waals surface area contributed by atoms with E-state index in [-0.39, 0.29) is 12.3 Å². The molecule has 0 aliphatic carbocycles. The number of aliphatic imine (C=N–C) groups is 2. The Hall–Kier alpha value is -4.94. The second kappa shape index (κ2) is 9.36. The summed E-state index contributed by atoms with van der Waals surface area (Å²) in [5.74, 6) is 1.55. The molecule has 2 atom stereocenters. The van der Waals surface area contributed by atoms with Crippen molar-refractivity contribution >= 4 is 43.8 Å². The van der Waals surface area contributed by atoms with Gasteiger partial charge in [0.25, 0.3) is 0 Å². The summed E-state index contributed by atoms with van der Waals surface area (Å²) in [4.78, 5) is 12.3. The van der Waals surface area contributed by atoms with Gasteiger partial charge in [-0.2, -0.15) is 0 Å². The number of fused-ring (bicyclic) bond motifs is 5. The van der Waals surface area contributed by atoms with Gasteiger partial charge in [0.15, 0.2) is 5.84 Å². The fourth-order valence-electron chi connectivity index (χ4n) is 5.51. The van der Waals surface area contributed by atoms with Crippen molar-refractivity contribution in [2.45, 2.75) is 12.3 Å². The number of nitrogens with one attached hydrogen (secondary N) is 2. The van der Waals surface area contributed by atoms with Gasteiger partial charge in [-0.3, -0.25) is 0 Å². The van der Waals surface area contributed by atoms with E-state index in [1.165, 1.54) is 26.3 Å². The summed E-state index contributed by atoms with van der Waals surface area (Å²) in [6, 6.07) is 35.9. The minimum atomic E-state index is -0.218. The van der Waals surface area contributed by atoms with Gasteiger partial charge in [-0.1, -0.05) is 91.0 Å². The molecule has 0 bridgehead atoms. The highest BCUT2D eigenvalue weighted by Gasteiger charge is 2.30. The second-order valence-corrected chi connectivity index (χ2v) is 11.1. The number of hydrogen-bond acceptors (Lipinski definition) is 6. The van der Waals surface area contributed by atoms with Crippen molar-refractivity contribution < 1.29 is 0 Å². The molecule has 0 saturated heterocycles. The lowest BCUT2D eigenvalue weighted by Gasteiger charge is -2.24. The quantitative estimate of drug-likeness (QED) is 0.248. The molecular formula is C34H25N5S. The zero-order chi connectivity index (χ0) is 26.5. The molecule has 0 radical (unpaired) electrons. The van der Waals surface area contributed by atoms with Crippen LogP contribution in [-0.2, 0) is 0 Å². The maximum atomic E-state index is 4.99. The molecule has 192 valence electrons. The van der Waals surface area contributed by atoms with Crippen LogP contribution in [0.3, 0.4) is 0 Å². The molecule has 5 aromatic rings. The molecule has 5 nitrogen and oxygen atoms in total. The lowest BCUT2D eigenvalue weighted by Crippen LogP contribution is -2.33. The highest BCUT2D eigenvalue weighted by atomic mass is 32.1. The first-order valence-corrected chi connectivity index (χ1v) is 14.2. The summed E-state index contributed by atoms with van der Waals surface area (Å²) in [7, 11) is 0. The maximum Gasteiger partial charge on any atom is 0.159 e. The fraction of sp³-hybridized carbons (Fsp3) is 0.0588. The van der Waals surface area contributed by atoms with Crippen LogP contribution in [0.2, 0.25) is 0 Å². The topological polar surface area (TPSA) is 52.0 Å². The van der Waals surface area contributed by atoms with Crippen molar-refractivity contribution in [3.63, 3.8) is 0 Å². The van der Waals surface area contributed by atoms with Crippen LogP contribution < -0.4 is 15.5 Å². The molecular weight excluding hydrogens is 510 g/mol. The normalized spacial score (nSPS) is 18.9. The molecule has 2 unspecified atom stereocenters. The molecule has 6 heteroatoms. The number of allylic oxidation sites excluding steroid dienone is 2. The predicted octanol–water partition coefficient (Wildman–Crippen LogP) is 7.71. The zero-order valence-corrected chi connectivity index (χ0v) is 22.3. The molecule has 0 amide bonds. The number of thiophene rings is 1. The first kappa shape index (κ1) is 23.0. The van der Waals surface area contributed by atoms with Crippen LogP contribution in [-0.4, -0.2) is 17.8 Å². The van der Waals surface area contributed by atoms with E-state index >= 15 is 0 Å². The van der Waals surface area contributed by atoms with Gasteiger partial charge in [-0.15, -0.1) is 11.3 Å². The molecule has 8 rings (SSSR count). The summed E-state index contributed by atoms with van der Waals surface area (Å²) in [5.41, 5.74) is 6.68. The van der Waals surface area contributed by atoms with Gasteiger partial charge in [0, 0.05) is 27.4 Å². The number of nitrogens with zero attached hydrogens (tertiary/aromatic N) is 3. The van der Waals surface area contributed by atoms with Gasteiger partial charge in [0.1, 0.15) is 23.2 Å². The third-order valence-corrected chi connectivity index (χ3v) is 8.69. The average Bonchev–Trinajstić information content (AvgIpc) is 3.58. The Kier molecular flexibility index (Phi) is 5.38. The first-order chi connectivity index (χ1) is 19.8. The predicted molar refractivity (Wildman–Crippen MR) is 167 cm³/mol. The smallest absolute Gasteiger partial charge is 0.159 e. The SMILES string of the molecule is C1=CC2Nc3c(sc4ccc(-c5cccc(C6=NC(c7ccccc7)=NC(c7ccccc7)N6)c5)cc34)N2C=C1.